The van der Waals surface area contributed by atoms with Crippen molar-refractivity contribution in [1.29, 1.82) is 0 Å². The summed E-state index contributed by atoms with van der Waals surface area (Å²) in [5.74, 6) is -0.837. The summed E-state index contributed by atoms with van der Waals surface area (Å²) >= 11 is 10.4. The van der Waals surface area contributed by atoms with E-state index in [1.54, 1.807) is 7.05 Å². The van der Waals surface area contributed by atoms with Crippen LogP contribution in [0.4, 0.5) is 4.39 Å². The number of hydrogen-bond donors (Lipinski definition) is 1. The maximum atomic E-state index is 12.8. The van der Waals surface area contributed by atoms with Crippen LogP contribution in [0.25, 0.3) is 0 Å². The van der Waals surface area contributed by atoms with Crippen LogP contribution >= 0.6 is 23.8 Å². The van der Waals surface area contributed by atoms with Crippen LogP contribution in [0.15, 0.2) is 18.2 Å². The van der Waals surface area contributed by atoms with Crippen molar-refractivity contribution >= 4 is 34.7 Å². The number of likely N-dealkylation sites (N-methyl/N-ethyl adjacent to an activating group) is 1. The van der Waals surface area contributed by atoms with Gasteiger partial charge in [0.25, 0.3) is 5.91 Å². The molecule has 1 aromatic carbocycles. The zero-order valence-electron chi connectivity index (χ0n) is 8.54. The maximum absolute atomic E-state index is 12.8. The van der Waals surface area contributed by atoms with E-state index in [0.29, 0.717) is 0 Å². The van der Waals surface area contributed by atoms with E-state index in [1.807, 2.05) is 0 Å². The molecular weight excluding hydrogens is 251 g/mol. The standard InChI is InChI=1S/C10H10ClFN2OS/c1-14(5-9(13)16)10(15)7-3-2-6(12)4-8(7)11/h2-4H,5H2,1H3,(H2,13,16). The lowest BCUT2D eigenvalue weighted by molar-refractivity contribution is 0.0815. The van der Waals surface area contributed by atoms with Crippen molar-refractivity contribution in [3.05, 3.63) is 34.6 Å². The topological polar surface area (TPSA) is 46.3 Å². The van der Waals surface area contributed by atoms with Gasteiger partial charge in [-0.05, 0) is 18.2 Å². The monoisotopic (exact) mass is 260 g/mol. The fourth-order valence-corrected chi connectivity index (χ4v) is 1.62. The Labute approximate surface area is 103 Å². The summed E-state index contributed by atoms with van der Waals surface area (Å²) in [6.07, 6.45) is 0. The Kier molecular flexibility index (Phi) is 4.20. The van der Waals surface area contributed by atoms with E-state index < -0.39 is 5.82 Å². The van der Waals surface area contributed by atoms with Gasteiger partial charge in [0, 0.05) is 7.05 Å². The molecular formula is C10H10ClFN2OS. The highest BCUT2D eigenvalue weighted by Crippen LogP contribution is 2.18. The molecule has 0 bridgehead atoms. The molecule has 0 aliphatic heterocycles. The molecule has 0 spiro atoms. The molecule has 0 heterocycles. The summed E-state index contributed by atoms with van der Waals surface area (Å²) in [4.78, 5) is 13.3. The van der Waals surface area contributed by atoms with Crippen molar-refractivity contribution in [2.24, 2.45) is 5.73 Å². The first-order valence-corrected chi connectivity index (χ1v) is 5.19. The first-order valence-electron chi connectivity index (χ1n) is 4.40. The zero-order chi connectivity index (χ0) is 12.3. The number of hydrogen-bond acceptors (Lipinski definition) is 2. The minimum absolute atomic E-state index is 0.0692. The highest BCUT2D eigenvalue weighted by molar-refractivity contribution is 7.80. The summed E-state index contributed by atoms with van der Waals surface area (Å²) in [5.41, 5.74) is 5.54. The number of benzene rings is 1. The normalized spacial score (nSPS) is 9.94. The summed E-state index contributed by atoms with van der Waals surface area (Å²) in [5, 5.41) is 0.0692. The fourth-order valence-electron chi connectivity index (χ4n) is 1.17. The van der Waals surface area contributed by atoms with Gasteiger partial charge in [0.05, 0.1) is 22.1 Å². The zero-order valence-corrected chi connectivity index (χ0v) is 10.1. The van der Waals surface area contributed by atoms with E-state index in [1.165, 1.54) is 17.0 Å². The van der Waals surface area contributed by atoms with E-state index in [-0.39, 0.29) is 28.0 Å². The lowest BCUT2D eigenvalue weighted by Gasteiger charge is -2.16. The molecule has 2 N–H and O–H groups in total. The first kappa shape index (κ1) is 12.9. The largest absolute Gasteiger partial charge is 0.392 e. The molecule has 0 aliphatic carbocycles. The Hall–Kier alpha value is -1.20. The van der Waals surface area contributed by atoms with Gasteiger partial charge in [-0.15, -0.1) is 0 Å². The third-order valence-electron chi connectivity index (χ3n) is 1.90. The quantitative estimate of drug-likeness (QED) is 0.844. The number of thiocarbonyl (C=S) groups is 1. The Morgan fingerprint density at radius 1 is 1.62 bits per heavy atom. The van der Waals surface area contributed by atoms with Crippen molar-refractivity contribution in [3.8, 4) is 0 Å². The Morgan fingerprint density at radius 2 is 2.25 bits per heavy atom. The molecule has 0 aromatic heterocycles. The molecule has 0 aliphatic rings. The van der Waals surface area contributed by atoms with Crippen LogP contribution in [0.2, 0.25) is 5.02 Å². The predicted octanol–water partition coefficient (Wildman–Crippen LogP) is 1.84. The van der Waals surface area contributed by atoms with E-state index in [2.05, 4.69) is 12.2 Å². The van der Waals surface area contributed by atoms with Gasteiger partial charge in [0.1, 0.15) is 5.82 Å². The summed E-state index contributed by atoms with van der Waals surface area (Å²) in [6, 6.07) is 3.59. The van der Waals surface area contributed by atoms with Crippen LogP contribution in [-0.4, -0.2) is 29.4 Å². The molecule has 1 rings (SSSR count). The second-order valence-corrected chi connectivity index (χ2v) is 4.18. The fraction of sp³-hybridized carbons (Fsp3) is 0.200. The molecule has 6 heteroatoms. The van der Waals surface area contributed by atoms with Crippen molar-refractivity contribution in [1.82, 2.24) is 4.90 Å². The number of carbonyl (C=O) groups excluding carboxylic acids is 1. The van der Waals surface area contributed by atoms with Crippen molar-refractivity contribution < 1.29 is 9.18 Å². The number of amides is 1. The summed E-state index contributed by atoms with van der Waals surface area (Å²) in [7, 11) is 1.54. The van der Waals surface area contributed by atoms with Crippen molar-refractivity contribution in [2.45, 2.75) is 0 Å². The Morgan fingerprint density at radius 3 is 2.75 bits per heavy atom. The second-order valence-electron chi connectivity index (χ2n) is 3.25. The lowest BCUT2D eigenvalue weighted by Crippen LogP contribution is -2.34. The van der Waals surface area contributed by atoms with Crippen LogP contribution in [0.5, 0.6) is 0 Å². The first-order chi connectivity index (χ1) is 7.41. The van der Waals surface area contributed by atoms with Crippen LogP contribution in [0, 0.1) is 5.82 Å². The minimum Gasteiger partial charge on any atom is -0.392 e. The molecule has 0 saturated heterocycles. The minimum atomic E-state index is -0.487. The molecule has 86 valence electrons. The van der Waals surface area contributed by atoms with E-state index in [9.17, 15) is 9.18 Å². The third kappa shape index (κ3) is 3.15. The third-order valence-corrected chi connectivity index (χ3v) is 2.34. The van der Waals surface area contributed by atoms with E-state index >= 15 is 0 Å². The van der Waals surface area contributed by atoms with Crippen LogP contribution < -0.4 is 5.73 Å². The molecule has 0 atom stereocenters. The van der Waals surface area contributed by atoms with E-state index in [4.69, 9.17) is 17.3 Å². The number of carbonyl (C=O) groups is 1. The predicted molar refractivity (Wildman–Crippen MR) is 65.2 cm³/mol. The number of nitrogens with two attached hydrogens (primary N) is 1. The number of nitrogens with zero attached hydrogens (tertiary/aromatic N) is 1. The SMILES string of the molecule is CN(CC(N)=S)C(=O)c1ccc(F)cc1Cl. The Balaban J connectivity index is 2.92. The second kappa shape index (κ2) is 5.23. The van der Waals surface area contributed by atoms with Crippen LogP contribution in [-0.2, 0) is 0 Å². The van der Waals surface area contributed by atoms with Gasteiger partial charge in [0.15, 0.2) is 0 Å². The smallest absolute Gasteiger partial charge is 0.255 e. The van der Waals surface area contributed by atoms with Crippen molar-refractivity contribution in [3.63, 3.8) is 0 Å². The molecule has 3 nitrogen and oxygen atoms in total. The van der Waals surface area contributed by atoms with Gasteiger partial charge >= 0.3 is 0 Å². The molecule has 0 fully saturated rings. The highest BCUT2D eigenvalue weighted by atomic mass is 35.5. The van der Waals surface area contributed by atoms with Crippen LogP contribution in [0.1, 0.15) is 10.4 Å². The molecule has 0 saturated carbocycles. The summed E-state index contributed by atoms with van der Waals surface area (Å²) < 4.78 is 12.8. The average Bonchev–Trinajstić information content (AvgIpc) is 2.15. The van der Waals surface area contributed by atoms with Crippen LogP contribution in [0.3, 0.4) is 0 Å². The molecule has 1 amide bonds. The van der Waals surface area contributed by atoms with Crippen molar-refractivity contribution in [2.75, 3.05) is 13.6 Å². The summed E-state index contributed by atoms with van der Waals surface area (Å²) in [6.45, 7) is 0.155. The molecule has 0 unspecified atom stereocenters. The van der Waals surface area contributed by atoms with Gasteiger partial charge in [-0.25, -0.2) is 4.39 Å². The average molecular weight is 261 g/mol. The molecule has 16 heavy (non-hydrogen) atoms. The van der Waals surface area contributed by atoms with Gasteiger partial charge in [-0.2, -0.15) is 0 Å². The van der Waals surface area contributed by atoms with E-state index in [0.717, 1.165) is 6.07 Å². The number of halogens is 2. The van der Waals surface area contributed by atoms with Gasteiger partial charge in [0.2, 0.25) is 0 Å². The maximum Gasteiger partial charge on any atom is 0.255 e. The molecule has 1 aromatic rings. The highest BCUT2D eigenvalue weighted by Gasteiger charge is 2.15. The number of rotatable bonds is 3. The van der Waals surface area contributed by atoms with Gasteiger partial charge in [-0.1, -0.05) is 23.8 Å². The van der Waals surface area contributed by atoms with Gasteiger partial charge in [-0.3, -0.25) is 4.79 Å². The van der Waals surface area contributed by atoms with Gasteiger partial charge < -0.3 is 10.6 Å². The Bertz CT molecular complexity index is 439. The lowest BCUT2D eigenvalue weighted by atomic mass is 10.2. The molecule has 0 radical (unpaired) electrons.